The van der Waals surface area contributed by atoms with Crippen LogP contribution in [0.1, 0.15) is 31.2 Å². The van der Waals surface area contributed by atoms with E-state index in [1.165, 1.54) is 11.3 Å². The summed E-state index contributed by atoms with van der Waals surface area (Å²) < 4.78 is 14.5. The van der Waals surface area contributed by atoms with Crippen LogP contribution in [0.3, 0.4) is 0 Å². The summed E-state index contributed by atoms with van der Waals surface area (Å²) in [5, 5.41) is 0. The van der Waals surface area contributed by atoms with Gasteiger partial charge in [0.05, 0.1) is 28.5 Å². The Kier molecular flexibility index (Phi) is 6.57. The number of thiazole rings is 1. The highest BCUT2D eigenvalue weighted by molar-refractivity contribution is 14.1. The van der Waals surface area contributed by atoms with Gasteiger partial charge in [-0.25, -0.2) is 9.79 Å². The van der Waals surface area contributed by atoms with Gasteiger partial charge in [-0.2, -0.15) is 0 Å². The highest BCUT2D eigenvalue weighted by Crippen LogP contribution is 2.30. The summed E-state index contributed by atoms with van der Waals surface area (Å²) >= 11 is 3.53. The summed E-state index contributed by atoms with van der Waals surface area (Å²) in [5.41, 5.74) is 2.46. The fraction of sp³-hybridized carbons (Fsp3) is 0.148. The van der Waals surface area contributed by atoms with Gasteiger partial charge in [0.25, 0.3) is 5.56 Å². The van der Waals surface area contributed by atoms with Crippen LogP contribution in [-0.4, -0.2) is 17.1 Å². The fourth-order valence-corrected chi connectivity index (χ4v) is 5.46. The third kappa shape index (κ3) is 4.55. The van der Waals surface area contributed by atoms with Crippen molar-refractivity contribution in [1.82, 2.24) is 4.57 Å². The van der Waals surface area contributed by atoms with Gasteiger partial charge in [-0.3, -0.25) is 9.36 Å². The number of benzene rings is 2. The van der Waals surface area contributed by atoms with E-state index in [2.05, 4.69) is 27.6 Å². The van der Waals surface area contributed by atoms with Gasteiger partial charge in [0.15, 0.2) is 4.80 Å². The van der Waals surface area contributed by atoms with Gasteiger partial charge in [0.2, 0.25) is 0 Å². The van der Waals surface area contributed by atoms with E-state index in [1.54, 1.807) is 24.5 Å². The van der Waals surface area contributed by atoms with Crippen molar-refractivity contribution in [3.8, 4) is 11.3 Å². The third-order valence-electron chi connectivity index (χ3n) is 5.66. The highest BCUT2D eigenvalue weighted by Gasteiger charge is 2.33. The van der Waals surface area contributed by atoms with Crippen molar-refractivity contribution in [3.63, 3.8) is 0 Å². The van der Waals surface area contributed by atoms with Gasteiger partial charge >= 0.3 is 5.97 Å². The molecule has 0 N–H and O–H groups in total. The van der Waals surface area contributed by atoms with Crippen LogP contribution in [-0.2, 0) is 9.53 Å². The van der Waals surface area contributed by atoms with Gasteiger partial charge < -0.3 is 9.15 Å². The lowest BCUT2D eigenvalue weighted by atomic mass is 9.96. The Bertz CT molecular complexity index is 1610. The van der Waals surface area contributed by atoms with Crippen molar-refractivity contribution in [2.75, 3.05) is 6.61 Å². The second kappa shape index (κ2) is 9.79. The number of aromatic nitrogens is 1. The largest absolute Gasteiger partial charge is 0.463 e. The minimum Gasteiger partial charge on any atom is -0.463 e. The standard InChI is InChI=1S/C27H21IN2O4S/c1-3-33-26(32)23-16(2)29-27-30(24(23)18-7-5-4-6-8-18)25(31)22(35-27)15-20-13-14-21(34-20)17-9-11-19(28)12-10-17/h4-15,24H,3H2,1-2H3/b22-15+/t24-/m1/s1. The number of hydrogen-bond donors (Lipinski definition) is 0. The predicted molar refractivity (Wildman–Crippen MR) is 144 cm³/mol. The maximum absolute atomic E-state index is 13.6. The number of allylic oxidation sites excluding steroid dienone is 1. The molecule has 4 aromatic rings. The summed E-state index contributed by atoms with van der Waals surface area (Å²) in [5.74, 6) is 0.828. The lowest BCUT2D eigenvalue weighted by Crippen LogP contribution is -2.39. The lowest BCUT2D eigenvalue weighted by molar-refractivity contribution is -0.139. The molecule has 35 heavy (non-hydrogen) atoms. The monoisotopic (exact) mass is 596 g/mol. The molecule has 1 aliphatic heterocycles. The van der Waals surface area contributed by atoms with E-state index in [-0.39, 0.29) is 12.2 Å². The summed E-state index contributed by atoms with van der Waals surface area (Å²) in [4.78, 5) is 31.6. The molecule has 2 aromatic heterocycles. The maximum atomic E-state index is 13.6. The van der Waals surface area contributed by atoms with Crippen molar-refractivity contribution in [2.24, 2.45) is 4.99 Å². The smallest absolute Gasteiger partial charge is 0.338 e. The van der Waals surface area contributed by atoms with Crippen LogP contribution in [0.2, 0.25) is 0 Å². The molecule has 0 aliphatic carbocycles. The second-order valence-electron chi connectivity index (χ2n) is 7.92. The minimum absolute atomic E-state index is 0.232. The molecule has 0 saturated heterocycles. The van der Waals surface area contributed by atoms with Crippen LogP contribution in [0.5, 0.6) is 0 Å². The summed E-state index contributed by atoms with van der Waals surface area (Å²) in [6.45, 7) is 3.77. The van der Waals surface area contributed by atoms with E-state index < -0.39 is 12.0 Å². The zero-order valence-electron chi connectivity index (χ0n) is 19.0. The Hall–Kier alpha value is -3.24. The second-order valence-corrected chi connectivity index (χ2v) is 10.2. The minimum atomic E-state index is -0.618. The van der Waals surface area contributed by atoms with E-state index in [9.17, 15) is 9.59 Å². The third-order valence-corrected chi connectivity index (χ3v) is 7.36. The molecule has 3 heterocycles. The molecule has 2 aromatic carbocycles. The van der Waals surface area contributed by atoms with E-state index in [0.717, 1.165) is 20.5 Å². The van der Waals surface area contributed by atoms with Crippen LogP contribution in [0.25, 0.3) is 17.4 Å². The Morgan fingerprint density at radius 2 is 1.89 bits per heavy atom. The van der Waals surface area contributed by atoms with Gasteiger partial charge in [-0.05, 0) is 66.3 Å². The van der Waals surface area contributed by atoms with E-state index in [0.29, 0.717) is 26.4 Å². The van der Waals surface area contributed by atoms with Crippen molar-refractivity contribution < 1.29 is 13.9 Å². The van der Waals surface area contributed by atoms with E-state index in [4.69, 9.17) is 9.15 Å². The molecular formula is C27H21IN2O4S. The number of carbonyl (C=O) groups is 1. The average Bonchev–Trinajstić information content (AvgIpc) is 3.44. The lowest BCUT2D eigenvalue weighted by Gasteiger charge is -2.24. The number of esters is 1. The molecule has 0 radical (unpaired) electrons. The first-order chi connectivity index (χ1) is 17.0. The number of hydrogen-bond acceptors (Lipinski definition) is 6. The number of furan rings is 1. The number of rotatable bonds is 5. The first kappa shape index (κ1) is 23.5. The number of nitrogens with zero attached hydrogens (tertiary/aromatic N) is 2. The first-order valence-electron chi connectivity index (χ1n) is 11.1. The van der Waals surface area contributed by atoms with E-state index >= 15 is 0 Å². The van der Waals surface area contributed by atoms with Crippen LogP contribution in [0.15, 0.2) is 92.2 Å². The fourth-order valence-electron chi connectivity index (χ4n) is 4.07. The molecule has 0 amide bonds. The summed E-state index contributed by atoms with van der Waals surface area (Å²) in [7, 11) is 0. The van der Waals surface area contributed by atoms with Crippen molar-refractivity contribution in [2.45, 2.75) is 19.9 Å². The Balaban J connectivity index is 1.62. The van der Waals surface area contributed by atoms with Gasteiger partial charge in [0.1, 0.15) is 11.5 Å². The summed E-state index contributed by atoms with van der Waals surface area (Å²) in [6.07, 6.45) is 1.73. The zero-order chi connectivity index (χ0) is 24.5. The Labute approximate surface area is 219 Å². The molecule has 1 aliphatic rings. The van der Waals surface area contributed by atoms with Crippen LogP contribution < -0.4 is 14.9 Å². The topological polar surface area (TPSA) is 73.8 Å². The SMILES string of the molecule is CCOC(=O)C1=C(C)N=c2s/c(=C/c3ccc(-c4ccc(I)cc4)o3)c(=O)n2[C@@H]1c1ccccc1. The molecule has 0 saturated carbocycles. The molecule has 6 nitrogen and oxygen atoms in total. The maximum Gasteiger partial charge on any atom is 0.338 e. The zero-order valence-corrected chi connectivity index (χ0v) is 22.0. The molecule has 0 bridgehead atoms. The van der Waals surface area contributed by atoms with Gasteiger partial charge in [-0.1, -0.05) is 53.8 Å². The summed E-state index contributed by atoms with van der Waals surface area (Å²) in [6, 6.07) is 20.6. The van der Waals surface area contributed by atoms with Crippen LogP contribution >= 0.6 is 33.9 Å². The van der Waals surface area contributed by atoms with Crippen molar-refractivity contribution in [1.29, 1.82) is 0 Å². The molecule has 1 atom stereocenters. The molecule has 0 fully saturated rings. The Morgan fingerprint density at radius 3 is 2.60 bits per heavy atom. The van der Waals surface area contributed by atoms with Crippen molar-refractivity contribution in [3.05, 3.63) is 113 Å². The predicted octanol–water partition coefficient (Wildman–Crippen LogP) is 4.66. The number of halogens is 1. The number of ether oxygens (including phenoxy) is 1. The van der Waals surface area contributed by atoms with Gasteiger partial charge in [-0.15, -0.1) is 0 Å². The van der Waals surface area contributed by atoms with Gasteiger partial charge in [0, 0.05) is 15.2 Å². The van der Waals surface area contributed by atoms with E-state index in [1.807, 2.05) is 66.7 Å². The van der Waals surface area contributed by atoms with Crippen LogP contribution in [0.4, 0.5) is 0 Å². The molecule has 5 rings (SSSR count). The normalized spacial score (nSPS) is 15.6. The number of fused-ring (bicyclic) bond motifs is 1. The highest BCUT2D eigenvalue weighted by atomic mass is 127. The van der Waals surface area contributed by atoms with Crippen LogP contribution in [0, 0.1) is 3.57 Å². The molecule has 8 heteroatoms. The first-order valence-corrected chi connectivity index (χ1v) is 13.0. The number of carbonyl (C=O) groups excluding carboxylic acids is 1. The van der Waals surface area contributed by atoms with Crippen molar-refractivity contribution >= 4 is 46.0 Å². The molecular weight excluding hydrogens is 575 g/mol. The quantitative estimate of drug-likeness (QED) is 0.248. The molecule has 176 valence electrons. The molecule has 0 unspecified atom stereocenters. The average molecular weight is 596 g/mol. The molecule has 0 spiro atoms. The Morgan fingerprint density at radius 1 is 1.14 bits per heavy atom.